The van der Waals surface area contributed by atoms with Gasteiger partial charge in [0.25, 0.3) is 0 Å². The van der Waals surface area contributed by atoms with Crippen LogP contribution in [0.2, 0.25) is 0 Å². The summed E-state index contributed by atoms with van der Waals surface area (Å²) >= 11 is 1.74. The maximum atomic E-state index is 9.66. The fourth-order valence-electron chi connectivity index (χ4n) is 1.22. The van der Waals surface area contributed by atoms with Gasteiger partial charge in [-0.15, -0.1) is 0 Å². The summed E-state index contributed by atoms with van der Waals surface area (Å²) in [6, 6.07) is 1.76. The van der Waals surface area contributed by atoms with E-state index in [2.05, 4.69) is 4.98 Å². The van der Waals surface area contributed by atoms with Crippen molar-refractivity contribution in [3.05, 3.63) is 24.0 Å². The van der Waals surface area contributed by atoms with E-state index in [1.807, 2.05) is 6.26 Å². The summed E-state index contributed by atoms with van der Waals surface area (Å²) in [6.45, 7) is 0. The lowest BCUT2D eigenvalue weighted by atomic mass is 10.1. The molecule has 1 aromatic rings. The first kappa shape index (κ1) is 11.3. The van der Waals surface area contributed by atoms with Crippen LogP contribution in [0.15, 0.2) is 18.5 Å². The molecule has 1 aromatic heterocycles. The van der Waals surface area contributed by atoms with E-state index in [1.54, 1.807) is 30.2 Å². The fraction of sp³-hybridized carbons (Fsp3) is 0.500. The van der Waals surface area contributed by atoms with Gasteiger partial charge in [0.05, 0.1) is 6.10 Å². The zero-order chi connectivity index (χ0) is 10.4. The van der Waals surface area contributed by atoms with Gasteiger partial charge in [-0.25, -0.2) is 0 Å². The van der Waals surface area contributed by atoms with E-state index in [4.69, 9.17) is 5.73 Å². The van der Waals surface area contributed by atoms with Gasteiger partial charge in [-0.05, 0) is 30.1 Å². The molecule has 0 radical (unpaired) electrons. The maximum absolute atomic E-state index is 9.66. The standard InChI is InChI=1S/C10H16N2OS/c1-14-5-3-9(13)6-8-7-12-4-2-10(8)11/h2,4,7,9,13H,3,5-6H2,1H3,(H2,11,12). The van der Waals surface area contributed by atoms with E-state index in [-0.39, 0.29) is 6.10 Å². The number of rotatable bonds is 5. The Hall–Kier alpha value is -0.740. The highest BCUT2D eigenvalue weighted by molar-refractivity contribution is 7.98. The van der Waals surface area contributed by atoms with Crippen molar-refractivity contribution >= 4 is 17.4 Å². The number of nitrogen functional groups attached to an aromatic ring is 1. The SMILES string of the molecule is CSCCC(O)Cc1cnccc1N. The molecule has 0 aliphatic carbocycles. The summed E-state index contributed by atoms with van der Waals surface area (Å²) in [5, 5.41) is 9.66. The molecule has 1 heterocycles. The Kier molecular flexibility index (Phi) is 4.76. The molecule has 1 atom stereocenters. The van der Waals surface area contributed by atoms with Crippen molar-refractivity contribution in [2.45, 2.75) is 18.9 Å². The highest BCUT2D eigenvalue weighted by Crippen LogP contribution is 2.13. The van der Waals surface area contributed by atoms with E-state index in [0.29, 0.717) is 12.1 Å². The van der Waals surface area contributed by atoms with Crippen molar-refractivity contribution in [2.75, 3.05) is 17.7 Å². The largest absolute Gasteiger partial charge is 0.398 e. The highest BCUT2D eigenvalue weighted by atomic mass is 32.2. The summed E-state index contributed by atoms with van der Waals surface area (Å²) in [6.07, 6.45) is 6.50. The third kappa shape index (κ3) is 3.55. The highest BCUT2D eigenvalue weighted by Gasteiger charge is 2.07. The number of aliphatic hydroxyl groups excluding tert-OH is 1. The summed E-state index contributed by atoms with van der Waals surface area (Å²) in [5.74, 6) is 0.974. The average molecular weight is 212 g/mol. The molecule has 0 fully saturated rings. The zero-order valence-electron chi connectivity index (χ0n) is 8.31. The van der Waals surface area contributed by atoms with Crippen molar-refractivity contribution in [1.82, 2.24) is 4.98 Å². The second-order valence-corrected chi connectivity index (χ2v) is 4.20. The van der Waals surface area contributed by atoms with E-state index in [9.17, 15) is 5.11 Å². The van der Waals surface area contributed by atoms with E-state index < -0.39 is 0 Å². The quantitative estimate of drug-likeness (QED) is 0.773. The van der Waals surface area contributed by atoms with E-state index >= 15 is 0 Å². The Labute approximate surface area is 88.7 Å². The number of hydrogen-bond donors (Lipinski definition) is 2. The van der Waals surface area contributed by atoms with Gasteiger partial charge in [0.15, 0.2) is 0 Å². The lowest BCUT2D eigenvalue weighted by Crippen LogP contribution is -2.12. The van der Waals surface area contributed by atoms with Crippen LogP contribution in [0.25, 0.3) is 0 Å². The van der Waals surface area contributed by atoms with Gasteiger partial charge in [0.2, 0.25) is 0 Å². The predicted molar refractivity (Wildman–Crippen MR) is 61.4 cm³/mol. The predicted octanol–water partition coefficient (Wildman–Crippen LogP) is 1.32. The maximum Gasteiger partial charge on any atom is 0.0589 e. The number of anilines is 1. The molecule has 78 valence electrons. The lowest BCUT2D eigenvalue weighted by Gasteiger charge is -2.10. The lowest BCUT2D eigenvalue weighted by molar-refractivity contribution is 0.172. The van der Waals surface area contributed by atoms with Crippen molar-refractivity contribution in [3.8, 4) is 0 Å². The minimum Gasteiger partial charge on any atom is -0.398 e. The molecule has 0 aromatic carbocycles. The molecule has 0 spiro atoms. The molecule has 14 heavy (non-hydrogen) atoms. The number of pyridine rings is 1. The first-order chi connectivity index (χ1) is 6.74. The Morgan fingerprint density at radius 2 is 2.43 bits per heavy atom. The van der Waals surface area contributed by atoms with Crippen molar-refractivity contribution in [2.24, 2.45) is 0 Å². The minimum absolute atomic E-state index is 0.311. The van der Waals surface area contributed by atoms with Crippen LogP contribution in [0.5, 0.6) is 0 Å². The summed E-state index contributed by atoms with van der Waals surface area (Å²) in [4.78, 5) is 3.98. The van der Waals surface area contributed by atoms with Crippen LogP contribution in [0.3, 0.4) is 0 Å². The first-order valence-electron chi connectivity index (χ1n) is 4.59. The molecule has 3 nitrogen and oxygen atoms in total. The van der Waals surface area contributed by atoms with Crippen LogP contribution in [0.4, 0.5) is 5.69 Å². The average Bonchev–Trinajstić information content (AvgIpc) is 2.18. The number of thioether (sulfide) groups is 1. The molecule has 3 N–H and O–H groups in total. The fourth-order valence-corrected chi connectivity index (χ4v) is 1.73. The van der Waals surface area contributed by atoms with Crippen molar-refractivity contribution in [3.63, 3.8) is 0 Å². The van der Waals surface area contributed by atoms with Crippen LogP contribution >= 0.6 is 11.8 Å². The number of nitrogens with two attached hydrogens (primary N) is 1. The number of hydrogen-bond acceptors (Lipinski definition) is 4. The van der Waals surface area contributed by atoms with Crippen molar-refractivity contribution in [1.29, 1.82) is 0 Å². The molecule has 0 amide bonds. The third-order valence-corrected chi connectivity index (χ3v) is 2.70. The van der Waals surface area contributed by atoms with Gasteiger partial charge in [-0.3, -0.25) is 4.98 Å². The summed E-state index contributed by atoms with van der Waals surface area (Å²) in [5.41, 5.74) is 7.38. The Bertz CT molecular complexity index is 281. The van der Waals surface area contributed by atoms with Gasteiger partial charge in [-0.2, -0.15) is 11.8 Å². The smallest absolute Gasteiger partial charge is 0.0589 e. The van der Waals surface area contributed by atoms with Crippen LogP contribution in [0.1, 0.15) is 12.0 Å². The third-order valence-electron chi connectivity index (χ3n) is 2.05. The number of aliphatic hydroxyl groups is 1. The van der Waals surface area contributed by atoms with Crippen LogP contribution in [0, 0.1) is 0 Å². The molecule has 0 aliphatic rings. The van der Waals surface area contributed by atoms with E-state index in [1.165, 1.54) is 0 Å². The minimum atomic E-state index is -0.311. The second kappa shape index (κ2) is 5.88. The Morgan fingerprint density at radius 1 is 1.64 bits per heavy atom. The van der Waals surface area contributed by atoms with Crippen molar-refractivity contribution < 1.29 is 5.11 Å². The van der Waals surface area contributed by atoms with Gasteiger partial charge >= 0.3 is 0 Å². The van der Waals surface area contributed by atoms with Gasteiger partial charge < -0.3 is 10.8 Å². The summed E-state index contributed by atoms with van der Waals surface area (Å²) < 4.78 is 0. The Morgan fingerprint density at radius 3 is 3.07 bits per heavy atom. The van der Waals surface area contributed by atoms with E-state index in [0.717, 1.165) is 17.7 Å². The van der Waals surface area contributed by atoms with Crippen LogP contribution in [-0.4, -0.2) is 28.2 Å². The molecular formula is C10H16N2OS. The molecule has 1 unspecified atom stereocenters. The van der Waals surface area contributed by atoms with Crippen LogP contribution in [-0.2, 0) is 6.42 Å². The molecule has 0 aliphatic heterocycles. The first-order valence-corrected chi connectivity index (χ1v) is 5.98. The van der Waals surface area contributed by atoms with Gasteiger partial charge in [-0.1, -0.05) is 0 Å². The molecule has 4 heteroatoms. The molecule has 1 rings (SSSR count). The van der Waals surface area contributed by atoms with Gasteiger partial charge in [0, 0.05) is 24.5 Å². The second-order valence-electron chi connectivity index (χ2n) is 3.21. The zero-order valence-corrected chi connectivity index (χ0v) is 9.13. The number of nitrogens with zero attached hydrogens (tertiary/aromatic N) is 1. The topological polar surface area (TPSA) is 59.1 Å². The molecule has 0 saturated heterocycles. The monoisotopic (exact) mass is 212 g/mol. The molecular weight excluding hydrogens is 196 g/mol. The number of aromatic nitrogens is 1. The van der Waals surface area contributed by atoms with Gasteiger partial charge in [0.1, 0.15) is 0 Å². The van der Waals surface area contributed by atoms with Crippen LogP contribution < -0.4 is 5.73 Å². The molecule has 0 bridgehead atoms. The normalized spacial score (nSPS) is 12.7. The summed E-state index contributed by atoms with van der Waals surface area (Å²) in [7, 11) is 0. The Balaban J connectivity index is 2.47. The molecule has 0 saturated carbocycles.